The number of hydrogen-bond acceptors (Lipinski definition) is 3. The summed E-state index contributed by atoms with van der Waals surface area (Å²) in [6, 6.07) is 0.607. The zero-order valence-corrected chi connectivity index (χ0v) is 9.53. The maximum atomic E-state index is 5.58. The third kappa shape index (κ3) is 4.89. The van der Waals surface area contributed by atoms with Crippen molar-refractivity contribution in [2.24, 2.45) is 0 Å². The van der Waals surface area contributed by atoms with Gasteiger partial charge in [0.2, 0.25) is 0 Å². The third-order valence-electron chi connectivity index (χ3n) is 2.44. The zero-order chi connectivity index (χ0) is 9.52. The Kier molecular flexibility index (Phi) is 5.83. The first kappa shape index (κ1) is 11.3. The van der Waals surface area contributed by atoms with Gasteiger partial charge in [-0.25, -0.2) is 0 Å². The van der Waals surface area contributed by atoms with Crippen LogP contribution in [0.4, 0.5) is 0 Å². The van der Waals surface area contributed by atoms with E-state index in [-0.39, 0.29) is 0 Å². The second kappa shape index (κ2) is 6.68. The molecule has 0 aromatic carbocycles. The normalized spacial score (nSPS) is 24.9. The van der Waals surface area contributed by atoms with E-state index in [4.69, 9.17) is 4.74 Å². The quantitative estimate of drug-likeness (QED) is 0.666. The average Bonchev–Trinajstić information content (AvgIpc) is 2.57. The van der Waals surface area contributed by atoms with Crippen molar-refractivity contribution in [2.45, 2.75) is 38.3 Å². The van der Waals surface area contributed by atoms with E-state index < -0.39 is 0 Å². The van der Waals surface area contributed by atoms with E-state index in [0.717, 1.165) is 13.2 Å². The molecule has 2 atom stereocenters. The van der Waals surface area contributed by atoms with Crippen LogP contribution in [0.2, 0.25) is 0 Å². The van der Waals surface area contributed by atoms with Crippen LogP contribution in [0.15, 0.2) is 0 Å². The molecule has 0 aromatic rings. The monoisotopic (exact) mass is 203 g/mol. The highest BCUT2D eigenvalue weighted by atomic mass is 32.2. The standard InChI is InChI=1S/C10H21NOS/c1-9(11-5-7-13-2)8-10-4-3-6-12-10/h9-11H,3-8H2,1-2H3. The molecule has 1 N–H and O–H groups in total. The number of hydrogen-bond donors (Lipinski definition) is 1. The van der Waals surface area contributed by atoms with Gasteiger partial charge >= 0.3 is 0 Å². The molecule has 0 aliphatic carbocycles. The largest absolute Gasteiger partial charge is 0.378 e. The van der Waals surface area contributed by atoms with Gasteiger partial charge in [0.05, 0.1) is 6.10 Å². The molecule has 1 fully saturated rings. The van der Waals surface area contributed by atoms with E-state index in [1.165, 1.54) is 25.0 Å². The van der Waals surface area contributed by atoms with Gasteiger partial charge in [-0.05, 0) is 32.4 Å². The predicted molar refractivity (Wildman–Crippen MR) is 59.4 cm³/mol. The van der Waals surface area contributed by atoms with Crippen LogP contribution >= 0.6 is 11.8 Å². The highest BCUT2D eigenvalue weighted by Gasteiger charge is 2.17. The molecule has 13 heavy (non-hydrogen) atoms. The molecule has 0 radical (unpaired) electrons. The van der Waals surface area contributed by atoms with Crippen molar-refractivity contribution in [3.05, 3.63) is 0 Å². The van der Waals surface area contributed by atoms with Crippen LogP contribution in [0.5, 0.6) is 0 Å². The summed E-state index contributed by atoms with van der Waals surface area (Å²) >= 11 is 1.89. The van der Waals surface area contributed by atoms with Gasteiger partial charge in [0.15, 0.2) is 0 Å². The zero-order valence-electron chi connectivity index (χ0n) is 8.71. The maximum absolute atomic E-state index is 5.58. The Morgan fingerprint density at radius 3 is 3.08 bits per heavy atom. The summed E-state index contributed by atoms with van der Waals surface area (Å²) in [5.74, 6) is 1.20. The highest BCUT2D eigenvalue weighted by Crippen LogP contribution is 2.16. The van der Waals surface area contributed by atoms with Gasteiger partial charge in [-0.3, -0.25) is 0 Å². The summed E-state index contributed by atoms with van der Waals surface area (Å²) < 4.78 is 5.58. The first-order chi connectivity index (χ1) is 6.33. The Hall–Kier alpha value is 0.270. The fraction of sp³-hybridized carbons (Fsp3) is 1.00. The lowest BCUT2D eigenvalue weighted by Crippen LogP contribution is -2.31. The number of ether oxygens (including phenoxy) is 1. The van der Waals surface area contributed by atoms with Crippen molar-refractivity contribution in [1.29, 1.82) is 0 Å². The fourth-order valence-corrected chi connectivity index (χ4v) is 2.04. The summed E-state index contributed by atoms with van der Waals surface area (Å²) in [5, 5.41) is 3.51. The molecule has 0 bridgehead atoms. The van der Waals surface area contributed by atoms with Crippen molar-refractivity contribution >= 4 is 11.8 Å². The lowest BCUT2D eigenvalue weighted by Gasteiger charge is -2.17. The van der Waals surface area contributed by atoms with Gasteiger partial charge in [-0.15, -0.1) is 0 Å². The van der Waals surface area contributed by atoms with Crippen LogP contribution < -0.4 is 5.32 Å². The average molecular weight is 203 g/mol. The molecule has 3 heteroatoms. The molecule has 0 amide bonds. The summed E-state index contributed by atoms with van der Waals surface area (Å²) in [4.78, 5) is 0. The molecule has 1 saturated heterocycles. The second-order valence-corrected chi connectivity index (χ2v) is 4.70. The third-order valence-corrected chi connectivity index (χ3v) is 3.05. The second-order valence-electron chi connectivity index (χ2n) is 3.72. The van der Waals surface area contributed by atoms with Crippen LogP contribution in [-0.4, -0.2) is 37.3 Å². The van der Waals surface area contributed by atoms with Crippen LogP contribution in [0.3, 0.4) is 0 Å². The van der Waals surface area contributed by atoms with E-state index in [0.29, 0.717) is 12.1 Å². The topological polar surface area (TPSA) is 21.3 Å². The van der Waals surface area contributed by atoms with Gasteiger partial charge in [0, 0.05) is 24.9 Å². The van der Waals surface area contributed by atoms with Crippen LogP contribution in [0.25, 0.3) is 0 Å². The first-order valence-corrected chi connectivity index (χ1v) is 6.56. The minimum Gasteiger partial charge on any atom is -0.378 e. The van der Waals surface area contributed by atoms with Crippen molar-refractivity contribution in [3.8, 4) is 0 Å². The van der Waals surface area contributed by atoms with Crippen molar-refractivity contribution < 1.29 is 4.74 Å². The van der Waals surface area contributed by atoms with E-state index in [9.17, 15) is 0 Å². The van der Waals surface area contributed by atoms with E-state index in [2.05, 4.69) is 18.5 Å². The molecule has 1 aliphatic heterocycles. The molecule has 2 unspecified atom stereocenters. The molecule has 0 saturated carbocycles. The van der Waals surface area contributed by atoms with Gasteiger partial charge in [-0.1, -0.05) is 0 Å². The lowest BCUT2D eigenvalue weighted by molar-refractivity contribution is 0.0966. The predicted octanol–water partition coefficient (Wildman–Crippen LogP) is 1.90. The summed E-state index contributed by atoms with van der Waals surface area (Å²) in [6.45, 7) is 4.35. The SMILES string of the molecule is CSCCNC(C)CC1CCCO1. The Morgan fingerprint density at radius 2 is 2.46 bits per heavy atom. The minimum absolute atomic E-state index is 0.525. The smallest absolute Gasteiger partial charge is 0.0590 e. The fourth-order valence-electron chi connectivity index (χ4n) is 1.72. The first-order valence-electron chi connectivity index (χ1n) is 5.17. The van der Waals surface area contributed by atoms with Gasteiger partial charge in [-0.2, -0.15) is 11.8 Å². The number of nitrogens with one attached hydrogen (secondary N) is 1. The minimum atomic E-state index is 0.525. The Labute approximate surface area is 85.8 Å². The Bertz CT molecular complexity index is 126. The van der Waals surface area contributed by atoms with Crippen molar-refractivity contribution in [2.75, 3.05) is 25.2 Å². The van der Waals surface area contributed by atoms with Crippen LogP contribution in [0, 0.1) is 0 Å². The maximum Gasteiger partial charge on any atom is 0.0590 e. The van der Waals surface area contributed by atoms with Crippen molar-refractivity contribution in [1.82, 2.24) is 5.32 Å². The highest BCUT2D eigenvalue weighted by molar-refractivity contribution is 7.98. The number of rotatable bonds is 6. The van der Waals surface area contributed by atoms with Gasteiger partial charge in [0.25, 0.3) is 0 Å². The molecule has 0 aromatic heterocycles. The molecule has 1 rings (SSSR count). The molecule has 1 aliphatic rings. The summed E-state index contributed by atoms with van der Waals surface area (Å²) in [5.41, 5.74) is 0. The summed E-state index contributed by atoms with van der Waals surface area (Å²) in [6.07, 6.45) is 6.36. The van der Waals surface area contributed by atoms with Crippen molar-refractivity contribution in [3.63, 3.8) is 0 Å². The molecular weight excluding hydrogens is 182 g/mol. The van der Waals surface area contributed by atoms with Gasteiger partial charge < -0.3 is 10.1 Å². The van der Waals surface area contributed by atoms with E-state index in [1.54, 1.807) is 0 Å². The van der Waals surface area contributed by atoms with E-state index in [1.807, 2.05) is 11.8 Å². The number of thioether (sulfide) groups is 1. The Balaban J connectivity index is 1.99. The van der Waals surface area contributed by atoms with Crippen LogP contribution in [-0.2, 0) is 4.74 Å². The molecule has 1 heterocycles. The molecule has 0 spiro atoms. The lowest BCUT2D eigenvalue weighted by atomic mass is 10.1. The van der Waals surface area contributed by atoms with E-state index >= 15 is 0 Å². The van der Waals surface area contributed by atoms with Gasteiger partial charge in [0.1, 0.15) is 0 Å². The summed E-state index contributed by atoms with van der Waals surface area (Å²) in [7, 11) is 0. The Morgan fingerprint density at radius 1 is 1.62 bits per heavy atom. The van der Waals surface area contributed by atoms with Crippen LogP contribution in [0.1, 0.15) is 26.2 Å². The molecular formula is C10H21NOS. The molecule has 2 nitrogen and oxygen atoms in total. The molecule has 78 valence electrons.